The fourth-order valence-electron chi connectivity index (χ4n) is 4.53. The molecule has 30 heavy (non-hydrogen) atoms. The minimum Gasteiger partial charge on any atom is -0.497 e. The Balaban J connectivity index is 2.46. The first kappa shape index (κ1) is 24.4. The van der Waals surface area contributed by atoms with E-state index >= 15 is 0 Å². The molecule has 6 nitrogen and oxygen atoms in total. The number of esters is 1. The standard InChI is InChI=1S/C24H36O6/c1-4-21(26)18(16-25)15-20(17-9-11-19(29-3)12-10-17)22(27)24(23(28)30-5-2)13-7-6-8-14-24/h9-12,18,20-21,25-26H,4-8,13-16H2,1-3H3. The molecular formula is C24H36O6. The zero-order valence-electron chi connectivity index (χ0n) is 18.4. The molecule has 0 saturated heterocycles. The molecule has 1 fully saturated rings. The predicted octanol–water partition coefficient (Wildman–Crippen LogP) is 3.63. The molecule has 0 heterocycles. The van der Waals surface area contributed by atoms with Crippen molar-refractivity contribution in [1.29, 1.82) is 0 Å². The molecule has 0 aromatic heterocycles. The highest BCUT2D eigenvalue weighted by Gasteiger charge is 2.50. The maximum absolute atomic E-state index is 14.0. The number of benzene rings is 1. The molecule has 1 aromatic rings. The van der Waals surface area contributed by atoms with E-state index in [1.807, 2.05) is 19.1 Å². The van der Waals surface area contributed by atoms with Gasteiger partial charge in [-0.25, -0.2) is 0 Å². The van der Waals surface area contributed by atoms with Gasteiger partial charge in [0.25, 0.3) is 0 Å². The van der Waals surface area contributed by atoms with Crippen molar-refractivity contribution in [2.24, 2.45) is 11.3 Å². The van der Waals surface area contributed by atoms with Crippen LogP contribution >= 0.6 is 0 Å². The summed E-state index contributed by atoms with van der Waals surface area (Å²) in [4.78, 5) is 26.9. The molecule has 0 amide bonds. The van der Waals surface area contributed by atoms with E-state index in [0.717, 1.165) is 24.8 Å². The molecule has 1 saturated carbocycles. The fraction of sp³-hybridized carbons (Fsp3) is 0.667. The first-order chi connectivity index (χ1) is 14.4. The summed E-state index contributed by atoms with van der Waals surface area (Å²) in [5.74, 6) is -0.988. The van der Waals surface area contributed by atoms with E-state index in [1.165, 1.54) is 0 Å². The molecule has 0 bridgehead atoms. The highest BCUT2D eigenvalue weighted by molar-refractivity contribution is 6.06. The van der Waals surface area contributed by atoms with Gasteiger partial charge in [-0.2, -0.15) is 0 Å². The lowest BCUT2D eigenvalue weighted by Gasteiger charge is -2.37. The monoisotopic (exact) mass is 420 g/mol. The van der Waals surface area contributed by atoms with Crippen molar-refractivity contribution in [2.75, 3.05) is 20.3 Å². The van der Waals surface area contributed by atoms with Crippen LogP contribution < -0.4 is 4.74 Å². The first-order valence-electron chi connectivity index (χ1n) is 11.1. The van der Waals surface area contributed by atoms with Crippen molar-refractivity contribution < 1.29 is 29.3 Å². The average molecular weight is 421 g/mol. The van der Waals surface area contributed by atoms with Gasteiger partial charge < -0.3 is 19.7 Å². The van der Waals surface area contributed by atoms with E-state index in [9.17, 15) is 19.8 Å². The number of ether oxygens (including phenoxy) is 2. The molecular weight excluding hydrogens is 384 g/mol. The zero-order valence-corrected chi connectivity index (χ0v) is 18.4. The van der Waals surface area contributed by atoms with Gasteiger partial charge in [0.15, 0.2) is 5.78 Å². The van der Waals surface area contributed by atoms with Crippen LogP contribution in [-0.2, 0) is 14.3 Å². The van der Waals surface area contributed by atoms with Crippen LogP contribution in [0.1, 0.15) is 70.3 Å². The second-order valence-corrected chi connectivity index (χ2v) is 8.21. The van der Waals surface area contributed by atoms with Crippen molar-refractivity contribution in [3.05, 3.63) is 29.8 Å². The van der Waals surface area contributed by atoms with E-state index in [2.05, 4.69) is 0 Å². The van der Waals surface area contributed by atoms with Gasteiger partial charge in [-0.3, -0.25) is 9.59 Å². The maximum Gasteiger partial charge on any atom is 0.319 e. The molecule has 6 heteroatoms. The van der Waals surface area contributed by atoms with Gasteiger partial charge in [0.2, 0.25) is 0 Å². The van der Waals surface area contributed by atoms with Crippen LogP contribution in [-0.4, -0.2) is 48.4 Å². The second kappa shape index (κ2) is 11.5. The molecule has 1 aliphatic rings. The number of carbonyl (C=O) groups is 2. The molecule has 1 aromatic carbocycles. The molecule has 2 rings (SSSR count). The van der Waals surface area contributed by atoms with Gasteiger partial charge in [0, 0.05) is 18.4 Å². The van der Waals surface area contributed by atoms with Crippen molar-refractivity contribution in [1.82, 2.24) is 0 Å². The molecule has 0 spiro atoms. The van der Waals surface area contributed by atoms with E-state index in [0.29, 0.717) is 25.0 Å². The van der Waals surface area contributed by atoms with E-state index < -0.39 is 29.3 Å². The third-order valence-electron chi connectivity index (χ3n) is 6.41. The second-order valence-electron chi connectivity index (χ2n) is 8.21. The Bertz CT molecular complexity index is 677. The topological polar surface area (TPSA) is 93.1 Å². The summed E-state index contributed by atoms with van der Waals surface area (Å²) in [6.45, 7) is 3.61. The normalized spacial score (nSPS) is 18.8. The summed E-state index contributed by atoms with van der Waals surface area (Å²) in [6.07, 6.45) is 3.62. The number of rotatable bonds is 11. The van der Waals surface area contributed by atoms with Crippen LogP contribution in [0.25, 0.3) is 0 Å². The third-order valence-corrected chi connectivity index (χ3v) is 6.41. The van der Waals surface area contributed by atoms with Crippen molar-refractivity contribution in [3.63, 3.8) is 0 Å². The van der Waals surface area contributed by atoms with Gasteiger partial charge in [0.05, 0.1) is 19.8 Å². The van der Waals surface area contributed by atoms with Gasteiger partial charge in [0.1, 0.15) is 11.2 Å². The Hall–Kier alpha value is -1.92. The minimum atomic E-state index is -1.16. The summed E-state index contributed by atoms with van der Waals surface area (Å²) in [6, 6.07) is 7.24. The predicted molar refractivity (Wildman–Crippen MR) is 114 cm³/mol. The lowest BCUT2D eigenvalue weighted by atomic mass is 9.65. The molecule has 3 atom stereocenters. The quantitative estimate of drug-likeness (QED) is 0.419. The maximum atomic E-state index is 14.0. The number of Topliss-reactive ketones (excluding diaryl/α,β-unsaturated/α-hetero) is 1. The van der Waals surface area contributed by atoms with Gasteiger partial charge in [-0.1, -0.05) is 38.3 Å². The van der Waals surface area contributed by atoms with Crippen LogP contribution in [0.5, 0.6) is 5.75 Å². The molecule has 1 aliphatic carbocycles. The minimum absolute atomic E-state index is 0.160. The van der Waals surface area contributed by atoms with Gasteiger partial charge in [-0.05, 0) is 50.3 Å². The lowest BCUT2D eigenvalue weighted by molar-refractivity contribution is -0.163. The molecule has 168 valence electrons. The number of aliphatic hydroxyl groups excluding tert-OH is 2. The largest absolute Gasteiger partial charge is 0.497 e. The Morgan fingerprint density at radius 3 is 2.23 bits per heavy atom. The molecule has 2 N–H and O–H groups in total. The summed E-state index contributed by atoms with van der Waals surface area (Å²) >= 11 is 0. The molecule has 3 unspecified atom stereocenters. The lowest BCUT2D eigenvalue weighted by Crippen LogP contribution is -2.45. The smallest absolute Gasteiger partial charge is 0.319 e. The highest BCUT2D eigenvalue weighted by atomic mass is 16.5. The Morgan fingerprint density at radius 1 is 1.10 bits per heavy atom. The van der Waals surface area contributed by atoms with Crippen LogP contribution in [0, 0.1) is 11.3 Å². The Labute approximate surface area is 179 Å². The number of hydrogen-bond acceptors (Lipinski definition) is 6. The summed E-state index contributed by atoms with van der Waals surface area (Å²) in [7, 11) is 1.58. The van der Waals surface area contributed by atoms with Crippen molar-refractivity contribution in [3.8, 4) is 5.75 Å². The number of hydrogen-bond donors (Lipinski definition) is 2. The number of aliphatic hydroxyl groups is 2. The van der Waals surface area contributed by atoms with Crippen LogP contribution in [0.15, 0.2) is 24.3 Å². The van der Waals surface area contributed by atoms with Crippen molar-refractivity contribution >= 4 is 11.8 Å². The summed E-state index contributed by atoms with van der Waals surface area (Å²) in [5, 5.41) is 20.2. The Kier molecular flexibility index (Phi) is 9.31. The SMILES string of the molecule is CCOC(=O)C1(C(=O)C(CC(CO)C(O)CC)c2ccc(OC)cc2)CCCCC1. The fourth-order valence-corrected chi connectivity index (χ4v) is 4.53. The zero-order chi connectivity index (χ0) is 22.1. The van der Waals surface area contributed by atoms with E-state index in [-0.39, 0.29) is 25.4 Å². The molecule has 0 aliphatic heterocycles. The van der Waals surface area contributed by atoms with E-state index in [1.54, 1.807) is 26.2 Å². The average Bonchev–Trinajstić information content (AvgIpc) is 2.79. The highest BCUT2D eigenvalue weighted by Crippen LogP contribution is 2.44. The first-order valence-corrected chi connectivity index (χ1v) is 11.1. The number of carbonyl (C=O) groups excluding carboxylic acids is 2. The van der Waals surface area contributed by atoms with Crippen LogP contribution in [0.2, 0.25) is 0 Å². The van der Waals surface area contributed by atoms with Crippen LogP contribution in [0.3, 0.4) is 0 Å². The number of methoxy groups -OCH3 is 1. The van der Waals surface area contributed by atoms with Crippen molar-refractivity contribution in [2.45, 2.75) is 70.8 Å². The summed E-state index contributed by atoms with van der Waals surface area (Å²) in [5.41, 5.74) is -0.396. The third kappa shape index (κ3) is 5.41. The van der Waals surface area contributed by atoms with E-state index in [4.69, 9.17) is 9.47 Å². The Morgan fingerprint density at radius 2 is 1.73 bits per heavy atom. The van der Waals surface area contributed by atoms with Crippen LogP contribution in [0.4, 0.5) is 0 Å². The van der Waals surface area contributed by atoms with Gasteiger partial charge >= 0.3 is 5.97 Å². The summed E-state index contributed by atoms with van der Waals surface area (Å²) < 4.78 is 10.6. The van der Waals surface area contributed by atoms with Gasteiger partial charge in [-0.15, -0.1) is 0 Å². The molecule has 0 radical (unpaired) electrons. The number of ketones is 1.